The van der Waals surface area contributed by atoms with Crippen molar-refractivity contribution in [3.8, 4) is 0 Å². The zero-order valence-corrected chi connectivity index (χ0v) is 12.9. The molecule has 0 radical (unpaired) electrons. The number of rotatable bonds is 3. The van der Waals surface area contributed by atoms with E-state index in [0.717, 1.165) is 6.07 Å². The lowest BCUT2D eigenvalue weighted by molar-refractivity contribution is -0.138. The molecule has 1 aliphatic rings. The normalized spacial score (nSPS) is 16.5. The molecular weight excluding hydrogens is 311 g/mol. The highest BCUT2D eigenvalue weighted by molar-refractivity contribution is 5.89. The van der Waals surface area contributed by atoms with E-state index in [1.807, 2.05) is 4.90 Å². The third-order valence-corrected chi connectivity index (χ3v) is 3.86. The number of nitrogens with one attached hydrogen (secondary N) is 1. The first-order chi connectivity index (χ1) is 10.8. The Labute approximate surface area is 132 Å². The van der Waals surface area contributed by atoms with Crippen molar-refractivity contribution < 1.29 is 23.1 Å². The summed E-state index contributed by atoms with van der Waals surface area (Å²) in [4.78, 5) is 15.8. The van der Waals surface area contributed by atoms with Crippen molar-refractivity contribution >= 4 is 11.7 Å². The van der Waals surface area contributed by atoms with Crippen LogP contribution in [0.1, 0.15) is 11.1 Å². The Morgan fingerprint density at radius 3 is 2.43 bits per heavy atom. The lowest BCUT2D eigenvalue weighted by atomic mass is 10.1. The molecule has 0 saturated carbocycles. The summed E-state index contributed by atoms with van der Waals surface area (Å²) >= 11 is 0. The predicted molar refractivity (Wildman–Crippen MR) is 80.3 cm³/mol. The van der Waals surface area contributed by atoms with E-state index in [0.29, 0.717) is 38.4 Å². The van der Waals surface area contributed by atoms with Gasteiger partial charge in [-0.25, -0.2) is 4.79 Å². The summed E-state index contributed by atoms with van der Waals surface area (Å²) in [7, 11) is 0. The van der Waals surface area contributed by atoms with Crippen LogP contribution in [0.25, 0.3) is 0 Å². The van der Waals surface area contributed by atoms with Crippen LogP contribution in [-0.4, -0.2) is 60.3 Å². The molecule has 0 unspecified atom stereocenters. The number of urea groups is 1. The maximum atomic E-state index is 12.7. The first-order valence-electron chi connectivity index (χ1n) is 7.38. The smallest absolute Gasteiger partial charge is 0.395 e. The van der Waals surface area contributed by atoms with E-state index in [9.17, 15) is 18.0 Å². The third kappa shape index (κ3) is 4.59. The maximum Gasteiger partial charge on any atom is 0.416 e. The van der Waals surface area contributed by atoms with Gasteiger partial charge in [0, 0.05) is 38.4 Å². The Morgan fingerprint density at radius 1 is 1.26 bits per heavy atom. The van der Waals surface area contributed by atoms with Crippen LogP contribution in [0, 0.1) is 6.92 Å². The molecule has 0 aromatic heterocycles. The number of anilines is 1. The molecule has 8 heteroatoms. The molecule has 1 aromatic carbocycles. The Morgan fingerprint density at radius 2 is 1.91 bits per heavy atom. The molecular formula is C15H20F3N3O2. The van der Waals surface area contributed by atoms with Gasteiger partial charge in [0.15, 0.2) is 0 Å². The largest absolute Gasteiger partial charge is 0.416 e. The first kappa shape index (κ1) is 17.6. The molecule has 1 fully saturated rings. The van der Waals surface area contributed by atoms with E-state index in [2.05, 4.69) is 5.32 Å². The van der Waals surface area contributed by atoms with Crippen LogP contribution >= 0.6 is 0 Å². The van der Waals surface area contributed by atoms with E-state index < -0.39 is 11.7 Å². The van der Waals surface area contributed by atoms with Crippen molar-refractivity contribution in [1.29, 1.82) is 0 Å². The van der Waals surface area contributed by atoms with Crippen LogP contribution in [0.2, 0.25) is 0 Å². The summed E-state index contributed by atoms with van der Waals surface area (Å²) in [6.45, 7) is 4.40. The number of piperazine rings is 1. The fourth-order valence-corrected chi connectivity index (χ4v) is 2.58. The highest BCUT2D eigenvalue weighted by atomic mass is 19.4. The Hall–Kier alpha value is -1.80. The molecule has 2 amide bonds. The van der Waals surface area contributed by atoms with Crippen LogP contribution in [-0.2, 0) is 6.18 Å². The molecule has 0 spiro atoms. The second-order valence-corrected chi connectivity index (χ2v) is 5.51. The number of β-amino-alcohol motifs (C(OH)–C–C–N with tert-alkyl or cyclic N) is 1. The monoisotopic (exact) mass is 331 g/mol. The molecule has 1 saturated heterocycles. The Kier molecular flexibility index (Phi) is 5.48. The molecule has 2 N–H and O–H groups in total. The van der Waals surface area contributed by atoms with Gasteiger partial charge in [-0.05, 0) is 30.7 Å². The number of aliphatic hydroxyl groups is 1. The zero-order chi connectivity index (χ0) is 17.0. The second kappa shape index (κ2) is 7.18. The fourth-order valence-electron chi connectivity index (χ4n) is 2.58. The fraction of sp³-hybridized carbons (Fsp3) is 0.533. The predicted octanol–water partition coefficient (Wildman–Crippen LogP) is 2.16. The van der Waals surface area contributed by atoms with Gasteiger partial charge in [-0.3, -0.25) is 4.90 Å². The van der Waals surface area contributed by atoms with E-state index in [1.165, 1.54) is 19.1 Å². The molecule has 1 heterocycles. The number of hydrogen-bond donors (Lipinski definition) is 2. The lowest BCUT2D eigenvalue weighted by Gasteiger charge is -2.34. The number of carbonyl (C=O) groups excluding carboxylic acids is 1. The number of amides is 2. The Bertz CT molecular complexity index is 555. The zero-order valence-electron chi connectivity index (χ0n) is 12.9. The second-order valence-electron chi connectivity index (χ2n) is 5.51. The van der Waals surface area contributed by atoms with Gasteiger partial charge in [0.05, 0.1) is 12.2 Å². The SMILES string of the molecule is Cc1cc(NC(=O)N2CCN(CCO)CC2)ccc1C(F)(F)F. The van der Waals surface area contributed by atoms with Gasteiger partial charge in [-0.15, -0.1) is 0 Å². The van der Waals surface area contributed by atoms with Crippen molar-refractivity contribution in [2.75, 3.05) is 44.6 Å². The van der Waals surface area contributed by atoms with E-state index in [1.54, 1.807) is 4.90 Å². The number of nitrogens with zero attached hydrogens (tertiary/aromatic N) is 2. The summed E-state index contributed by atoms with van der Waals surface area (Å²) in [6, 6.07) is 3.23. The Balaban J connectivity index is 1.95. The highest BCUT2D eigenvalue weighted by Gasteiger charge is 2.32. The number of benzene rings is 1. The van der Waals surface area contributed by atoms with E-state index >= 15 is 0 Å². The van der Waals surface area contributed by atoms with Gasteiger partial charge in [-0.2, -0.15) is 13.2 Å². The minimum absolute atomic E-state index is 0.0723. The molecule has 1 aliphatic heterocycles. The number of carbonyl (C=O) groups is 1. The van der Waals surface area contributed by atoms with Crippen LogP contribution < -0.4 is 5.32 Å². The van der Waals surface area contributed by atoms with Crippen LogP contribution in [0.3, 0.4) is 0 Å². The van der Waals surface area contributed by atoms with Crippen molar-refractivity contribution in [3.63, 3.8) is 0 Å². The van der Waals surface area contributed by atoms with Crippen molar-refractivity contribution in [2.45, 2.75) is 13.1 Å². The molecule has 128 valence electrons. The summed E-state index contributed by atoms with van der Waals surface area (Å²) in [5.41, 5.74) is -0.283. The number of aryl methyl sites for hydroxylation is 1. The number of aliphatic hydroxyl groups excluding tert-OH is 1. The van der Waals surface area contributed by atoms with Gasteiger partial charge in [-0.1, -0.05) is 0 Å². The number of alkyl halides is 3. The van der Waals surface area contributed by atoms with Gasteiger partial charge >= 0.3 is 12.2 Å². The molecule has 5 nitrogen and oxygen atoms in total. The summed E-state index contributed by atoms with van der Waals surface area (Å²) in [5.74, 6) is 0. The van der Waals surface area contributed by atoms with Crippen molar-refractivity contribution in [1.82, 2.24) is 9.80 Å². The number of halogens is 3. The minimum Gasteiger partial charge on any atom is -0.395 e. The maximum absolute atomic E-state index is 12.7. The lowest BCUT2D eigenvalue weighted by Crippen LogP contribution is -2.50. The molecule has 0 aliphatic carbocycles. The molecule has 0 bridgehead atoms. The quantitative estimate of drug-likeness (QED) is 0.892. The van der Waals surface area contributed by atoms with Crippen LogP contribution in [0.15, 0.2) is 18.2 Å². The van der Waals surface area contributed by atoms with Crippen LogP contribution in [0.4, 0.5) is 23.7 Å². The van der Waals surface area contributed by atoms with Gasteiger partial charge in [0.2, 0.25) is 0 Å². The topological polar surface area (TPSA) is 55.8 Å². The molecule has 23 heavy (non-hydrogen) atoms. The highest BCUT2D eigenvalue weighted by Crippen LogP contribution is 2.32. The summed E-state index contributed by atoms with van der Waals surface area (Å²) < 4.78 is 38.1. The van der Waals surface area contributed by atoms with Gasteiger partial charge in [0.1, 0.15) is 0 Å². The van der Waals surface area contributed by atoms with Crippen LogP contribution in [0.5, 0.6) is 0 Å². The summed E-state index contributed by atoms with van der Waals surface area (Å²) in [6.07, 6.45) is -4.39. The van der Waals surface area contributed by atoms with Gasteiger partial charge < -0.3 is 15.3 Å². The minimum atomic E-state index is -4.39. The third-order valence-electron chi connectivity index (χ3n) is 3.86. The average molecular weight is 331 g/mol. The van der Waals surface area contributed by atoms with E-state index in [4.69, 9.17) is 5.11 Å². The molecule has 0 atom stereocenters. The molecule has 1 aromatic rings. The standard InChI is InChI=1S/C15H20F3N3O2/c1-11-10-12(2-3-13(11)15(16,17)18)19-14(23)21-6-4-20(5-7-21)8-9-22/h2-3,10,22H,4-9H2,1H3,(H,19,23). The van der Waals surface area contributed by atoms with Crippen molar-refractivity contribution in [2.24, 2.45) is 0 Å². The molecule has 2 rings (SSSR count). The summed E-state index contributed by atoms with van der Waals surface area (Å²) in [5, 5.41) is 11.5. The first-order valence-corrected chi connectivity index (χ1v) is 7.38. The van der Waals surface area contributed by atoms with E-state index in [-0.39, 0.29) is 18.2 Å². The van der Waals surface area contributed by atoms with Gasteiger partial charge in [0.25, 0.3) is 0 Å². The van der Waals surface area contributed by atoms with Crippen molar-refractivity contribution in [3.05, 3.63) is 29.3 Å². The average Bonchev–Trinajstić information content (AvgIpc) is 2.47. The number of hydrogen-bond acceptors (Lipinski definition) is 3.